The lowest BCUT2D eigenvalue weighted by Gasteiger charge is -2.09. The molecule has 1 aromatic carbocycles. The molecule has 0 fully saturated rings. The van der Waals surface area contributed by atoms with E-state index in [2.05, 4.69) is 30.8 Å². The Hall–Kier alpha value is -2.45. The van der Waals surface area contributed by atoms with Gasteiger partial charge in [-0.15, -0.1) is 11.3 Å². The fourth-order valence-electron chi connectivity index (χ4n) is 2.35. The largest absolute Gasteiger partial charge is 0.351 e. The number of rotatable bonds is 5. The van der Waals surface area contributed by atoms with E-state index in [1.807, 2.05) is 26.0 Å². The molecule has 0 amide bonds. The molecule has 2 aromatic heterocycles. The fraction of sp³-hybridized carbons (Fsp3) is 0.294. The van der Waals surface area contributed by atoms with E-state index < -0.39 is 0 Å². The highest BCUT2D eigenvalue weighted by atomic mass is 35.5. The van der Waals surface area contributed by atoms with Gasteiger partial charge in [0.05, 0.1) is 23.8 Å². The number of hydrogen-bond acceptors (Lipinski definition) is 6. The molecule has 0 radical (unpaired) electrons. The minimum atomic E-state index is 0.369. The molecule has 0 saturated carbocycles. The Labute approximate surface area is 160 Å². The van der Waals surface area contributed by atoms with Crippen LogP contribution in [0.15, 0.2) is 33.8 Å². The van der Waals surface area contributed by atoms with Crippen molar-refractivity contribution in [3.63, 3.8) is 0 Å². The molecular weight excluding hydrogens is 372 g/mol. The van der Waals surface area contributed by atoms with Gasteiger partial charge in [-0.2, -0.15) is 4.98 Å². The number of thiazole rings is 1. The highest BCUT2D eigenvalue weighted by molar-refractivity contribution is 7.11. The van der Waals surface area contributed by atoms with Gasteiger partial charge >= 0.3 is 0 Å². The normalized spacial score (nSPS) is 11.6. The molecule has 0 spiro atoms. The Balaban J connectivity index is 1.56. The molecule has 0 aliphatic heterocycles. The van der Waals surface area contributed by atoms with Crippen LogP contribution in [0.5, 0.6) is 0 Å². The Morgan fingerprint density at radius 2 is 2.04 bits per heavy atom. The summed E-state index contributed by atoms with van der Waals surface area (Å²) < 4.78 is 5.28. The van der Waals surface area contributed by atoms with Crippen molar-refractivity contribution in [3.05, 3.63) is 50.8 Å². The van der Waals surface area contributed by atoms with Gasteiger partial charge in [-0.3, -0.25) is 4.99 Å². The summed E-state index contributed by atoms with van der Waals surface area (Å²) in [7, 11) is 1.71. The summed E-state index contributed by atoms with van der Waals surface area (Å²) in [6, 6.07) is 7.33. The quantitative estimate of drug-likeness (QED) is 0.513. The summed E-state index contributed by atoms with van der Waals surface area (Å²) in [6.07, 6.45) is 0. The number of aryl methyl sites for hydroxylation is 2. The summed E-state index contributed by atoms with van der Waals surface area (Å²) in [5.41, 5.74) is 1.85. The zero-order chi connectivity index (χ0) is 18.5. The molecule has 7 nitrogen and oxygen atoms in total. The third-order valence-electron chi connectivity index (χ3n) is 3.60. The number of guanidine groups is 1. The molecule has 0 saturated heterocycles. The molecule has 0 atom stereocenters. The molecule has 0 bridgehead atoms. The molecule has 0 aliphatic carbocycles. The van der Waals surface area contributed by atoms with Crippen molar-refractivity contribution >= 4 is 28.9 Å². The van der Waals surface area contributed by atoms with Crippen LogP contribution in [0.1, 0.15) is 21.5 Å². The third kappa shape index (κ3) is 4.59. The second-order valence-corrected chi connectivity index (χ2v) is 7.27. The van der Waals surface area contributed by atoms with Gasteiger partial charge in [0.2, 0.25) is 11.7 Å². The lowest BCUT2D eigenvalue weighted by atomic mass is 10.2. The van der Waals surface area contributed by atoms with E-state index in [9.17, 15) is 0 Å². The highest BCUT2D eigenvalue weighted by Crippen LogP contribution is 2.20. The first-order valence-electron chi connectivity index (χ1n) is 8.01. The van der Waals surface area contributed by atoms with Crippen LogP contribution in [0.4, 0.5) is 0 Å². The molecule has 0 unspecified atom stereocenters. The van der Waals surface area contributed by atoms with Crippen molar-refractivity contribution in [2.45, 2.75) is 26.9 Å². The predicted octanol–water partition coefficient (Wildman–Crippen LogP) is 3.33. The van der Waals surface area contributed by atoms with Gasteiger partial charge in [0.15, 0.2) is 5.96 Å². The fourth-order valence-corrected chi connectivity index (χ4v) is 3.42. The Kier molecular flexibility index (Phi) is 5.85. The van der Waals surface area contributed by atoms with E-state index >= 15 is 0 Å². The standard InChI is InChI=1S/C17H19ClN6OS/c1-10-14(26-11(2)22-10)8-20-17(19-3)21-9-15-23-16(24-25-15)12-5-4-6-13(18)7-12/h4-7H,8-9H2,1-3H3,(H2,19,20,21). The van der Waals surface area contributed by atoms with Crippen molar-refractivity contribution in [1.82, 2.24) is 25.8 Å². The highest BCUT2D eigenvalue weighted by Gasteiger charge is 2.10. The summed E-state index contributed by atoms with van der Waals surface area (Å²) in [5, 5.41) is 12.1. The maximum absolute atomic E-state index is 5.99. The average molecular weight is 391 g/mol. The first-order chi connectivity index (χ1) is 12.5. The van der Waals surface area contributed by atoms with Gasteiger partial charge in [0.25, 0.3) is 0 Å². The molecular formula is C17H19ClN6OS. The average Bonchev–Trinajstić information content (AvgIpc) is 3.21. The molecule has 3 rings (SSSR count). The molecule has 2 N–H and O–H groups in total. The first kappa shape index (κ1) is 18.3. The van der Waals surface area contributed by atoms with Crippen LogP contribution < -0.4 is 10.6 Å². The van der Waals surface area contributed by atoms with E-state index in [1.165, 1.54) is 4.88 Å². The monoisotopic (exact) mass is 390 g/mol. The van der Waals surface area contributed by atoms with Crippen LogP contribution in [-0.2, 0) is 13.1 Å². The second kappa shape index (κ2) is 8.29. The molecule has 3 aromatic rings. The number of nitrogens with one attached hydrogen (secondary N) is 2. The lowest BCUT2D eigenvalue weighted by Crippen LogP contribution is -2.36. The van der Waals surface area contributed by atoms with Crippen molar-refractivity contribution in [3.8, 4) is 11.4 Å². The van der Waals surface area contributed by atoms with Crippen molar-refractivity contribution in [1.29, 1.82) is 0 Å². The Bertz CT molecular complexity index is 920. The van der Waals surface area contributed by atoms with Gasteiger partial charge in [-0.25, -0.2) is 4.98 Å². The van der Waals surface area contributed by atoms with Crippen LogP contribution in [0.2, 0.25) is 5.02 Å². The predicted molar refractivity (Wildman–Crippen MR) is 103 cm³/mol. The topological polar surface area (TPSA) is 88.2 Å². The molecule has 26 heavy (non-hydrogen) atoms. The van der Waals surface area contributed by atoms with Gasteiger partial charge in [0, 0.05) is 22.5 Å². The van der Waals surface area contributed by atoms with Crippen molar-refractivity contribution in [2.24, 2.45) is 4.99 Å². The zero-order valence-corrected chi connectivity index (χ0v) is 16.3. The van der Waals surface area contributed by atoms with Gasteiger partial charge in [-0.05, 0) is 26.0 Å². The second-order valence-electron chi connectivity index (χ2n) is 5.54. The van der Waals surface area contributed by atoms with Crippen LogP contribution in [0, 0.1) is 13.8 Å². The Morgan fingerprint density at radius 3 is 2.73 bits per heavy atom. The number of aliphatic imine (C=N–C) groups is 1. The first-order valence-corrected chi connectivity index (χ1v) is 9.20. The number of hydrogen-bond donors (Lipinski definition) is 2. The molecule has 2 heterocycles. The summed E-state index contributed by atoms with van der Waals surface area (Å²) in [6.45, 7) is 5.04. The maximum Gasteiger partial charge on any atom is 0.246 e. The number of nitrogens with zero attached hydrogens (tertiary/aromatic N) is 4. The van der Waals surface area contributed by atoms with Crippen LogP contribution in [0.25, 0.3) is 11.4 Å². The summed E-state index contributed by atoms with van der Waals surface area (Å²) >= 11 is 7.67. The van der Waals surface area contributed by atoms with Gasteiger partial charge in [-0.1, -0.05) is 28.9 Å². The maximum atomic E-state index is 5.99. The van der Waals surface area contributed by atoms with E-state index in [1.54, 1.807) is 30.5 Å². The minimum Gasteiger partial charge on any atom is -0.351 e. The lowest BCUT2D eigenvalue weighted by molar-refractivity contribution is 0.375. The summed E-state index contributed by atoms with van der Waals surface area (Å²) in [5.74, 6) is 1.62. The number of benzene rings is 1. The molecule has 9 heteroatoms. The van der Waals surface area contributed by atoms with Crippen LogP contribution in [0.3, 0.4) is 0 Å². The zero-order valence-electron chi connectivity index (χ0n) is 14.7. The molecule has 0 aliphatic rings. The van der Waals surface area contributed by atoms with E-state index in [-0.39, 0.29) is 0 Å². The third-order valence-corrected chi connectivity index (χ3v) is 4.91. The minimum absolute atomic E-state index is 0.369. The van der Waals surface area contributed by atoms with Gasteiger partial charge in [0.1, 0.15) is 0 Å². The van der Waals surface area contributed by atoms with Gasteiger partial charge < -0.3 is 15.2 Å². The Morgan fingerprint density at radius 1 is 1.23 bits per heavy atom. The smallest absolute Gasteiger partial charge is 0.246 e. The number of aromatic nitrogens is 3. The van der Waals surface area contributed by atoms with E-state index in [0.717, 1.165) is 16.3 Å². The van der Waals surface area contributed by atoms with Crippen molar-refractivity contribution in [2.75, 3.05) is 7.05 Å². The summed E-state index contributed by atoms with van der Waals surface area (Å²) in [4.78, 5) is 14.2. The van der Waals surface area contributed by atoms with Crippen LogP contribution >= 0.6 is 22.9 Å². The van der Waals surface area contributed by atoms with Crippen molar-refractivity contribution < 1.29 is 4.52 Å². The van der Waals surface area contributed by atoms with Crippen LogP contribution in [-0.4, -0.2) is 28.1 Å². The molecule has 136 valence electrons. The SMILES string of the molecule is CN=C(NCc1nc(-c2cccc(Cl)c2)no1)NCc1sc(C)nc1C. The van der Waals surface area contributed by atoms with E-state index in [4.69, 9.17) is 16.1 Å². The van der Waals surface area contributed by atoms with E-state index in [0.29, 0.717) is 35.8 Å². The number of halogens is 1.